The molecule has 1 N–H and O–H groups in total. The highest BCUT2D eigenvalue weighted by Crippen LogP contribution is 2.20. The summed E-state index contributed by atoms with van der Waals surface area (Å²) in [5, 5.41) is 7.66. The number of fused-ring (bicyclic) bond motifs is 1. The number of pyridine rings is 1. The highest BCUT2D eigenvalue weighted by molar-refractivity contribution is 5.91. The van der Waals surface area contributed by atoms with Crippen LogP contribution in [0.3, 0.4) is 0 Å². The van der Waals surface area contributed by atoms with E-state index in [9.17, 15) is 4.79 Å². The van der Waals surface area contributed by atoms with Gasteiger partial charge in [0.2, 0.25) is 0 Å². The van der Waals surface area contributed by atoms with Crippen LogP contribution in [0.15, 0.2) is 47.5 Å². The van der Waals surface area contributed by atoms with Crippen LogP contribution in [0.2, 0.25) is 0 Å². The molecule has 0 aromatic carbocycles. The number of carbonyl (C=O) groups excluding carboxylic acids is 1. The summed E-state index contributed by atoms with van der Waals surface area (Å²) in [5.74, 6) is 0.373. The van der Waals surface area contributed by atoms with Crippen molar-refractivity contribution in [3.63, 3.8) is 0 Å². The van der Waals surface area contributed by atoms with E-state index in [-0.39, 0.29) is 5.91 Å². The average molecular weight is 311 g/mol. The molecule has 7 heteroatoms. The van der Waals surface area contributed by atoms with Crippen molar-refractivity contribution < 1.29 is 9.21 Å². The first kappa shape index (κ1) is 13.8. The summed E-state index contributed by atoms with van der Waals surface area (Å²) >= 11 is 0. The topological polar surface area (TPSA) is 75.7 Å². The summed E-state index contributed by atoms with van der Waals surface area (Å²) in [6.45, 7) is 1.43. The van der Waals surface area contributed by atoms with E-state index in [0.29, 0.717) is 24.9 Å². The lowest BCUT2D eigenvalue weighted by atomic mass is 10.0. The fraction of sp³-hybridized carbons (Fsp3) is 0.312. The molecule has 7 nitrogen and oxygen atoms in total. The van der Waals surface area contributed by atoms with Crippen molar-refractivity contribution >= 4 is 17.2 Å². The molecule has 3 aromatic heterocycles. The normalized spacial score (nSPS) is 15.9. The van der Waals surface area contributed by atoms with Crippen LogP contribution in [-0.2, 0) is 0 Å². The van der Waals surface area contributed by atoms with Gasteiger partial charge in [0.05, 0.1) is 12.0 Å². The van der Waals surface area contributed by atoms with Crippen LogP contribution in [0, 0.1) is 0 Å². The number of hydrogen-bond acceptors (Lipinski definition) is 5. The molecule has 0 saturated carbocycles. The van der Waals surface area contributed by atoms with E-state index in [4.69, 9.17) is 4.42 Å². The zero-order valence-corrected chi connectivity index (χ0v) is 12.6. The molecule has 0 radical (unpaired) electrons. The van der Waals surface area contributed by atoms with Gasteiger partial charge in [-0.05, 0) is 37.1 Å². The Bertz CT molecular complexity index is 803. The van der Waals surface area contributed by atoms with E-state index in [1.807, 2.05) is 23.2 Å². The van der Waals surface area contributed by atoms with E-state index in [0.717, 1.165) is 24.2 Å². The minimum absolute atomic E-state index is 0.0343. The molecule has 0 unspecified atom stereocenters. The van der Waals surface area contributed by atoms with E-state index in [1.54, 1.807) is 23.0 Å². The first-order valence-corrected chi connectivity index (χ1v) is 7.69. The second-order valence-electron chi connectivity index (χ2n) is 5.64. The molecular weight excluding hydrogens is 294 g/mol. The number of anilines is 1. The summed E-state index contributed by atoms with van der Waals surface area (Å²) in [6.07, 6.45) is 6.73. The molecule has 118 valence electrons. The second kappa shape index (κ2) is 5.75. The first-order chi connectivity index (χ1) is 11.3. The maximum atomic E-state index is 12.3. The van der Waals surface area contributed by atoms with Gasteiger partial charge in [0.25, 0.3) is 5.91 Å². The first-order valence-electron chi connectivity index (χ1n) is 7.69. The fourth-order valence-corrected chi connectivity index (χ4v) is 2.96. The quantitative estimate of drug-likeness (QED) is 0.801. The Morgan fingerprint density at radius 2 is 2.13 bits per heavy atom. The highest BCUT2D eigenvalue weighted by Gasteiger charge is 2.25. The van der Waals surface area contributed by atoms with Crippen LogP contribution in [-0.4, -0.2) is 44.5 Å². The van der Waals surface area contributed by atoms with Gasteiger partial charge in [-0.1, -0.05) is 0 Å². The van der Waals surface area contributed by atoms with Crippen molar-refractivity contribution in [2.75, 3.05) is 18.4 Å². The molecule has 0 bridgehead atoms. The van der Waals surface area contributed by atoms with E-state index >= 15 is 0 Å². The molecule has 1 amide bonds. The van der Waals surface area contributed by atoms with E-state index < -0.39 is 0 Å². The number of rotatable bonds is 3. The third-order valence-corrected chi connectivity index (χ3v) is 4.18. The number of furan rings is 1. The molecule has 0 atom stereocenters. The average Bonchev–Trinajstić information content (AvgIpc) is 3.27. The van der Waals surface area contributed by atoms with Gasteiger partial charge in [0.1, 0.15) is 6.33 Å². The molecule has 0 spiro atoms. The lowest BCUT2D eigenvalue weighted by molar-refractivity contribution is 0.0686. The van der Waals surface area contributed by atoms with Crippen LogP contribution in [0.4, 0.5) is 5.69 Å². The van der Waals surface area contributed by atoms with Gasteiger partial charge in [-0.15, -0.1) is 0 Å². The molecule has 23 heavy (non-hydrogen) atoms. The van der Waals surface area contributed by atoms with Crippen LogP contribution in [0.25, 0.3) is 5.65 Å². The van der Waals surface area contributed by atoms with Gasteiger partial charge in [-0.25, -0.2) is 9.50 Å². The number of nitrogens with zero attached hydrogens (tertiary/aromatic N) is 4. The summed E-state index contributed by atoms with van der Waals surface area (Å²) in [6, 6.07) is 7.71. The summed E-state index contributed by atoms with van der Waals surface area (Å²) in [5.41, 5.74) is 1.79. The second-order valence-corrected chi connectivity index (χ2v) is 5.64. The summed E-state index contributed by atoms with van der Waals surface area (Å²) in [7, 11) is 0. The third-order valence-electron chi connectivity index (χ3n) is 4.18. The van der Waals surface area contributed by atoms with Crippen LogP contribution in [0.1, 0.15) is 23.4 Å². The Balaban J connectivity index is 1.40. The number of amides is 1. The van der Waals surface area contributed by atoms with Crippen molar-refractivity contribution in [2.24, 2.45) is 0 Å². The molecule has 0 aliphatic carbocycles. The summed E-state index contributed by atoms with van der Waals surface area (Å²) < 4.78 is 6.93. The zero-order valence-electron chi connectivity index (χ0n) is 12.6. The predicted octanol–water partition coefficient (Wildman–Crippen LogP) is 2.04. The molecule has 4 rings (SSSR count). The molecule has 4 heterocycles. The fourth-order valence-electron chi connectivity index (χ4n) is 2.96. The van der Waals surface area contributed by atoms with Crippen molar-refractivity contribution in [1.82, 2.24) is 19.5 Å². The number of aromatic nitrogens is 3. The Kier molecular flexibility index (Phi) is 3.45. The zero-order chi connectivity index (χ0) is 15.6. The Hall–Kier alpha value is -2.83. The van der Waals surface area contributed by atoms with Gasteiger partial charge in [0.15, 0.2) is 11.4 Å². The van der Waals surface area contributed by atoms with Crippen molar-refractivity contribution in [3.05, 3.63) is 48.8 Å². The lowest BCUT2D eigenvalue weighted by Gasteiger charge is -2.32. The lowest BCUT2D eigenvalue weighted by Crippen LogP contribution is -2.42. The van der Waals surface area contributed by atoms with Gasteiger partial charge >= 0.3 is 0 Å². The van der Waals surface area contributed by atoms with Crippen LogP contribution >= 0.6 is 0 Å². The molecule has 1 aliphatic rings. The minimum Gasteiger partial charge on any atom is -0.459 e. The number of likely N-dealkylation sites (tertiary alicyclic amines) is 1. The van der Waals surface area contributed by atoms with E-state index in [2.05, 4.69) is 15.4 Å². The summed E-state index contributed by atoms with van der Waals surface area (Å²) in [4.78, 5) is 18.4. The van der Waals surface area contributed by atoms with E-state index in [1.165, 1.54) is 6.26 Å². The third kappa shape index (κ3) is 2.65. The Morgan fingerprint density at radius 3 is 2.91 bits per heavy atom. The Labute approximate surface area is 132 Å². The maximum Gasteiger partial charge on any atom is 0.289 e. The van der Waals surface area contributed by atoms with Gasteiger partial charge in [0, 0.05) is 25.3 Å². The molecule has 1 aliphatic heterocycles. The van der Waals surface area contributed by atoms with Crippen molar-refractivity contribution in [2.45, 2.75) is 18.9 Å². The smallest absolute Gasteiger partial charge is 0.289 e. The predicted molar refractivity (Wildman–Crippen MR) is 84.2 cm³/mol. The SMILES string of the molecule is O=C(c1ccco1)N1CCC(Nc2cccn3ncnc23)CC1. The number of hydrogen-bond donors (Lipinski definition) is 1. The Morgan fingerprint density at radius 1 is 1.26 bits per heavy atom. The van der Waals surface area contributed by atoms with Gasteiger partial charge in [-0.3, -0.25) is 4.79 Å². The number of nitrogens with one attached hydrogen (secondary N) is 1. The van der Waals surface area contributed by atoms with Crippen molar-refractivity contribution in [1.29, 1.82) is 0 Å². The minimum atomic E-state index is -0.0343. The maximum absolute atomic E-state index is 12.3. The van der Waals surface area contributed by atoms with Gasteiger partial charge < -0.3 is 14.6 Å². The molecular formula is C16H17N5O2. The molecule has 1 saturated heterocycles. The van der Waals surface area contributed by atoms with Gasteiger partial charge in [-0.2, -0.15) is 5.10 Å². The van der Waals surface area contributed by atoms with Crippen molar-refractivity contribution in [3.8, 4) is 0 Å². The standard InChI is InChI=1S/C16H17N5O2/c22-16(14-4-2-10-23-14)20-8-5-12(6-9-20)19-13-3-1-7-21-15(13)17-11-18-21/h1-4,7,10-12,19H,5-6,8-9H2. The van der Waals surface area contributed by atoms with Crippen LogP contribution in [0.5, 0.6) is 0 Å². The highest BCUT2D eigenvalue weighted by atomic mass is 16.3. The molecule has 3 aromatic rings. The number of piperidine rings is 1. The largest absolute Gasteiger partial charge is 0.459 e. The van der Waals surface area contributed by atoms with Crippen LogP contribution < -0.4 is 5.32 Å². The number of carbonyl (C=O) groups is 1. The monoisotopic (exact) mass is 311 g/mol. The molecule has 1 fully saturated rings.